The van der Waals surface area contributed by atoms with Crippen LogP contribution in [0.5, 0.6) is 0 Å². The molecule has 0 saturated carbocycles. The zero-order valence-electron chi connectivity index (χ0n) is 10.7. The van der Waals surface area contributed by atoms with Gasteiger partial charge in [-0.15, -0.1) is 11.8 Å². The zero-order valence-corrected chi connectivity index (χ0v) is 12.3. The largest absolute Gasteiger partial charge is 0.398 e. The highest BCUT2D eigenvalue weighted by Crippen LogP contribution is 2.26. The number of nitrogen functional groups attached to an aromatic ring is 1. The maximum Gasteiger partial charge on any atom is 0.230 e. The van der Waals surface area contributed by atoms with E-state index in [2.05, 4.69) is 12.2 Å². The highest BCUT2D eigenvalue weighted by atomic mass is 35.5. The fraction of sp³-hybridized carbons (Fsp3) is 0.462. The van der Waals surface area contributed by atoms with E-state index in [1.54, 1.807) is 12.1 Å². The lowest BCUT2D eigenvalue weighted by Gasteiger charge is -2.12. The third-order valence-electron chi connectivity index (χ3n) is 2.47. The van der Waals surface area contributed by atoms with Gasteiger partial charge in [0.15, 0.2) is 0 Å². The van der Waals surface area contributed by atoms with Gasteiger partial charge in [0.2, 0.25) is 5.91 Å². The minimum Gasteiger partial charge on any atom is -0.398 e. The summed E-state index contributed by atoms with van der Waals surface area (Å²) in [6.07, 6.45) is 2.08. The van der Waals surface area contributed by atoms with E-state index in [4.69, 9.17) is 17.3 Å². The molecule has 0 spiro atoms. The Morgan fingerprint density at radius 2 is 2.28 bits per heavy atom. The Bertz CT molecular complexity index is 412. The summed E-state index contributed by atoms with van der Waals surface area (Å²) in [5, 5.41) is 3.49. The van der Waals surface area contributed by atoms with Gasteiger partial charge in [0.05, 0.1) is 16.5 Å². The van der Waals surface area contributed by atoms with Gasteiger partial charge in [0.25, 0.3) is 0 Å². The number of carbonyl (C=O) groups is 1. The lowest BCUT2D eigenvalue weighted by atomic mass is 10.2. The van der Waals surface area contributed by atoms with Crippen molar-refractivity contribution >= 4 is 35.0 Å². The molecule has 1 amide bonds. The van der Waals surface area contributed by atoms with Crippen LogP contribution in [0.3, 0.4) is 0 Å². The second-order valence-electron chi connectivity index (χ2n) is 4.23. The van der Waals surface area contributed by atoms with Crippen molar-refractivity contribution in [2.24, 2.45) is 0 Å². The first-order valence-electron chi connectivity index (χ1n) is 6.00. The minimum atomic E-state index is 0.0499. The number of carbonyl (C=O) groups excluding carboxylic acids is 1. The maximum atomic E-state index is 11.7. The summed E-state index contributed by atoms with van der Waals surface area (Å²) in [4.78, 5) is 12.6. The predicted octanol–water partition coefficient (Wildman–Crippen LogP) is 3.32. The first-order chi connectivity index (χ1) is 8.52. The second kappa shape index (κ2) is 7.54. The van der Waals surface area contributed by atoms with E-state index in [-0.39, 0.29) is 11.9 Å². The summed E-state index contributed by atoms with van der Waals surface area (Å²) in [5.74, 6) is 0.447. The van der Waals surface area contributed by atoms with Gasteiger partial charge in [-0.05, 0) is 31.5 Å². The van der Waals surface area contributed by atoms with Crippen LogP contribution in [-0.4, -0.2) is 17.7 Å². The summed E-state index contributed by atoms with van der Waals surface area (Å²) in [6, 6.07) is 5.64. The lowest BCUT2D eigenvalue weighted by Crippen LogP contribution is -2.33. The molecule has 0 aromatic heterocycles. The van der Waals surface area contributed by atoms with Gasteiger partial charge in [-0.25, -0.2) is 0 Å². The molecule has 1 atom stereocenters. The molecule has 100 valence electrons. The average molecular weight is 287 g/mol. The first kappa shape index (κ1) is 15.2. The normalized spacial score (nSPS) is 12.2. The number of halogens is 1. The minimum absolute atomic E-state index is 0.0499. The standard InChI is InChI=1S/C13H19ClN2OS/c1-3-4-9(2)16-13(17)8-18-10-5-6-12(15)11(14)7-10/h5-7,9H,3-4,8,15H2,1-2H3,(H,16,17). The number of nitrogens with two attached hydrogens (primary N) is 1. The Morgan fingerprint density at radius 3 is 2.89 bits per heavy atom. The van der Waals surface area contributed by atoms with E-state index in [0.717, 1.165) is 17.7 Å². The first-order valence-corrected chi connectivity index (χ1v) is 7.36. The molecule has 0 aliphatic heterocycles. The lowest BCUT2D eigenvalue weighted by molar-refractivity contribution is -0.119. The van der Waals surface area contributed by atoms with Crippen molar-refractivity contribution in [2.75, 3.05) is 11.5 Å². The summed E-state index contributed by atoms with van der Waals surface area (Å²) in [6.45, 7) is 4.12. The Morgan fingerprint density at radius 1 is 1.56 bits per heavy atom. The van der Waals surface area contributed by atoms with E-state index < -0.39 is 0 Å². The summed E-state index contributed by atoms with van der Waals surface area (Å²) < 4.78 is 0. The molecule has 18 heavy (non-hydrogen) atoms. The quantitative estimate of drug-likeness (QED) is 0.623. The molecule has 0 radical (unpaired) electrons. The summed E-state index contributed by atoms with van der Waals surface area (Å²) in [5.41, 5.74) is 6.18. The van der Waals surface area contributed by atoms with E-state index >= 15 is 0 Å². The van der Waals surface area contributed by atoms with Crippen LogP contribution in [0, 0.1) is 0 Å². The molecule has 0 heterocycles. The van der Waals surface area contributed by atoms with Gasteiger partial charge in [0, 0.05) is 10.9 Å². The number of anilines is 1. The molecule has 3 nitrogen and oxygen atoms in total. The highest BCUT2D eigenvalue weighted by molar-refractivity contribution is 8.00. The van der Waals surface area contributed by atoms with E-state index in [9.17, 15) is 4.79 Å². The topological polar surface area (TPSA) is 55.1 Å². The molecule has 3 N–H and O–H groups in total. The number of benzene rings is 1. The fourth-order valence-electron chi connectivity index (χ4n) is 1.57. The van der Waals surface area contributed by atoms with Crippen molar-refractivity contribution in [3.63, 3.8) is 0 Å². The molecule has 0 fully saturated rings. The van der Waals surface area contributed by atoms with Crippen LogP contribution >= 0.6 is 23.4 Å². The van der Waals surface area contributed by atoms with Gasteiger partial charge in [-0.3, -0.25) is 4.79 Å². The highest BCUT2D eigenvalue weighted by Gasteiger charge is 2.07. The molecule has 0 bridgehead atoms. The molecular weight excluding hydrogens is 268 g/mol. The molecule has 0 saturated heterocycles. The van der Waals surface area contributed by atoms with Crippen LogP contribution < -0.4 is 11.1 Å². The van der Waals surface area contributed by atoms with Gasteiger partial charge in [-0.1, -0.05) is 24.9 Å². The fourth-order valence-corrected chi connectivity index (χ4v) is 2.56. The van der Waals surface area contributed by atoms with Crippen LogP contribution in [0.1, 0.15) is 26.7 Å². The van der Waals surface area contributed by atoms with Gasteiger partial charge < -0.3 is 11.1 Å². The van der Waals surface area contributed by atoms with Crippen molar-refractivity contribution in [1.29, 1.82) is 0 Å². The van der Waals surface area contributed by atoms with Crippen LogP contribution in [-0.2, 0) is 4.79 Å². The molecule has 1 aromatic rings. The van der Waals surface area contributed by atoms with Gasteiger partial charge in [0.1, 0.15) is 0 Å². The molecule has 0 aliphatic carbocycles. The SMILES string of the molecule is CCCC(C)NC(=O)CSc1ccc(N)c(Cl)c1. The summed E-state index contributed by atoms with van der Waals surface area (Å²) >= 11 is 7.38. The van der Waals surface area contributed by atoms with Crippen molar-refractivity contribution in [3.8, 4) is 0 Å². The van der Waals surface area contributed by atoms with E-state index in [1.165, 1.54) is 11.8 Å². The van der Waals surface area contributed by atoms with E-state index in [1.807, 2.05) is 13.0 Å². The third kappa shape index (κ3) is 5.19. The molecular formula is C13H19ClN2OS. The van der Waals surface area contributed by atoms with Crippen molar-refractivity contribution in [3.05, 3.63) is 23.2 Å². The van der Waals surface area contributed by atoms with Crippen molar-refractivity contribution < 1.29 is 4.79 Å². The van der Waals surface area contributed by atoms with Crippen molar-refractivity contribution in [1.82, 2.24) is 5.32 Å². The Balaban J connectivity index is 2.40. The number of hydrogen-bond donors (Lipinski definition) is 2. The Kier molecular flexibility index (Phi) is 6.36. The monoisotopic (exact) mass is 286 g/mol. The van der Waals surface area contributed by atoms with Gasteiger partial charge in [-0.2, -0.15) is 0 Å². The molecule has 0 aliphatic rings. The number of rotatable bonds is 6. The van der Waals surface area contributed by atoms with E-state index in [0.29, 0.717) is 16.5 Å². The Labute approximate surface area is 117 Å². The second-order valence-corrected chi connectivity index (χ2v) is 5.69. The number of hydrogen-bond acceptors (Lipinski definition) is 3. The molecule has 1 rings (SSSR count). The van der Waals surface area contributed by atoms with Crippen LogP contribution in [0.2, 0.25) is 5.02 Å². The van der Waals surface area contributed by atoms with Gasteiger partial charge >= 0.3 is 0 Å². The van der Waals surface area contributed by atoms with Crippen LogP contribution in [0.25, 0.3) is 0 Å². The molecule has 1 aromatic carbocycles. The third-order valence-corrected chi connectivity index (χ3v) is 3.79. The number of thioether (sulfide) groups is 1. The van der Waals surface area contributed by atoms with Crippen molar-refractivity contribution in [2.45, 2.75) is 37.6 Å². The molecule has 1 unspecified atom stereocenters. The predicted molar refractivity (Wildman–Crippen MR) is 79.1 cm³/mol. The smallest absolute Gasteiger partial charge is 0.230 e. The number of nitrogens with one attached hydrogen (secondary N) is 1. The zero-order chi connectivity index (χ0) is 13.5. The molecule has 5 heteroatoms. The van der Waals surface area contributed by atoms with Crippen LogP contribution in [0.4, 0.5) is 5.69 Å². The average Bonchev–Trinajstić information content (AvgIpc) is 2.31. The maximum absolute atomic E-state index is 11.7. The Hall–Kier alpha value is -0.870. The number of amides is 1. The van der Waals surface area contributed by atoms with Crippen LogP contribution in [0.15, 0.2) is 23.1 Å². The summed E-state index contributed by atoms with van der Waals surface area (Å²) in [7, 11) is 0.